The molecule has 3 saturated heterocycles. The topological polar surface area (TPSA) is 87.2 Å². The molecule has 3 aliphatic heterocycles. The molecule has 8 heteroatoms. The Labute approximate surface area is 201 Å². The lowest BCUT2D eigenvalue weighted by atomic mass is 9.66. The van der Waals surface area contributed by atoms with Gasteiger partial charge >= 0.3 is 5.97 Å². The van der Waals surface area contributed by atoms with E-state index in [0.717, 1.165) is 19.3 Å². The summed E-state index contributed by atoms with van der Waals surface area (Å²) in [6, 6.07) is -0.652. The van der Waals surface area contributed by atoms with Crippen LogP contribution in [-0.4, -0.2) is 81.1 Å². The fourth-order valence-corrected chi connectivity index (χ4v) is 8.55. The van der Waals surface area contributed by atoms with Gasteiger partial charge in [-0.25, -0.2) is 0 Å². The molecule has 4 unspecified atom stereocenters. The van der Waals surface area contributed by atoms with Crippen LogP contribution < -0.4 is 0 Å². The van der Waals surface area contributed by atoms with E-state index in [1.165, 1.54) is 6.08 Å². The van der Waals surface area contributed by atoms with Gasteiger partial charge in [-0.15, -0.1) is 18.3 Å². The molecule has 2 bridgehead atoms. The first-order valence-corrected chi connectivity index (χ1v) is 13.0. The molecule has 3 rings (SSSR count). The Kier molecular flexibility index (Phi) is 8.32. The molecule has 1 spiro atoms. The van der Waals surface area contributed by atoms with Gasteiger partial charge in [0.25, 0.3) is 0 Å². The summed E-state index contributed by atoms with van der Waals surface area (Å²) in [7, 11) is 0. The lowest BCUT2D eigenvalue weighted by Gasteiger charge is -2.41. The smallest absolute Gasteiger partial charge is 0.311 e. The highest BCUT2D eigenvalue weighted by molar-refractivity contribution is 8.02. The number of rotatable bonds is 12. The number of amides is 2. The van der Waals surface area contributed by atoms with Crippen LogP contribution in [0, 0.1) is 17.8 Å². The number of aliphatic hydroxyl groups excluding tert-OH is 1. The predicted molar refractivity (Wildman–Crippen MR) is 130 cm³/mol. The minimum Gasteiger partial charge on any atom is -0.461 e. The first-order valence-electron chi connectivity index (χ1n) is 12.1. The van der Waals surface area contributed by atoms with E-state index < -0.39 is 22.6 Å². The first kappa shape index (κ1) is 25.8. The van der Waals surface area contributed by atoms with Gasteiger partial charge in [0.2, 0.25) is 11.8 Å². The summed E-state index contributed by atoms with van der Waals surface area (Å²) >= 11 is 1.64. The Morgan fingerprint density at radius 3 is 2.73 bits per heavy atom. The third-order valence-electron chi connectivity index (χ3n) is 7.50. The van der Waals surface area contributed by atoms with E-state index in [0.29, 0.717) is 19.5 Å². The number of carbonyl (C=O) groups excluding carboxylic acids is 3. The number of carbonyl (C=O) groups is 3. The highest BCUT2D eigenvalue weighted by Gasteiger charge is 2.76. The molecule has 3 fully saturated rings. The normalized spacial score (nSPS) is 33.0. The highest BCUT2D eigenvalue weighted by atomic mass is 32.2. The number of nitrogens with zero attached hydrogens (tertiary/aromatic N) is 2. The van der Waals surface area contributed by atoms with Crippen LogP contribution in [0.1, 0.15) is 46.5 Å². The molecule has 184 valence electrons. The molecule has 3 aliphatic rings. The quantitative estimate of drug-likeness (QED) is 0.343. The number of likely N-dealkylation sites (tertiary alicyclic amines) is 1. The van der Waals surface area contributed by atoms with Crippen molar-refractivity contribution < 1.29 is 24.2 Å². The molecule has 2 amide bonds. The molecule has 7 nitrogen and oxygen atoms in total. The van der Waals surface area contributed by atoms with Crippen LogP contribution in [0.3, 0.4) is 0 Å². The van der Waals surface area contributed by atoms with Crippen LogP contribution in [-0.2, 0) is 19.1 Å². The highest BCUT2D eigenvalue weighted by Crippen LogP contribution is 2.68. The predicted octanol–water partition coefficient (Wildman–Crippen LogP) is 2.64. The second-order valence-corrected chi connectivity index (χ2v) is 11.0. The molecular formula is C25H38N2O5S. The SMILES string of the molecule is C=CCOC(=O)[C@@H]1[C@@H]2CC(C)C3(S2)C(C(=O)N(CC=C)C(C)CCC)N(CCCO)C(=O)[C@H]13. The van der Waals surface area contributed by atoms with Gasteiger partial charge in [0, 0.05) is 31.0 Å². The largest absolute Gasteiger partial charge is 0.461 e. The van der Waals surface area contributed by atoms with Crippen LogP contribution in [0.4, 0.5) is 0 Å². The molecule has 0 aromatic carbocycles. The summed E-state index contributed by atoms with van der Waals surface area (Å²) in [5.74, 6) is -1.67. The molecule has 3 heterocycles. The number of hydrogen-bond acceptors (Lipinski definition) is 6. The fraction of sp³-hybridized carbons (Fsp3) is 0.720. The molecule has 33 heavy (non-hydrogen) atoms. The number of ether oxygens (including phenoxy) is 1. The number of hydrogen-bond donors (Lipinski definition) is 1. The van der Waals surface area contributed by atoms with Gasteiger partial charge in [-0.3, -0.25) is 14.4 Å². The van der Waals surface area contributed by atoms with E-state index >= 15 is 0 Å². The van der Waals surface area contributed by atoms with E-state index in [4.69, 9.17) is 4.74 Å². The standard InChI is InChI=1S/C25H38N2O5S/c1-6-10-17(5)26(11-7-2)23(30)21-25-16(4)15-18(33-25)19(24(31)32-14-8-3)20(25)22(29)27(21)12-9-13-28/h7-8,16-21,28H,2-3,6,9-15H2,1,4-5H3/t16?,17?,18-,19+,20-,21?,25?/m0/s1. The second-order valence-electron chi connectivity index (χ2n) is 9.50. The van der Waals surface area contributed by atoms with Crippen molar-refractivity contribution in [3.05, 3.63) is 25.3 Å². The summed E-state index contributed by atoms with van der Waals surface area (Å²) in [6.45, 7) is 14.4. The monoisotopic (exact) mass is 478 g/mol. The summed E-state index contributed by atoms with van der Waals surface area (Å²) in [5, 5.41) is 9.44. The van der Waals surface area contributed by atoms with Crippen molar-refractivity contribution in [2.45, 2.75) is 68.5 Å². The first-order chi connectivity index (χ1) is 15.8. The van der Waals surface area contributed by atoms with Gasteiger partial charge in [0.15, 0.2) is 0 Å². The zero-order valence-electron chi connectivity index (χ0n) is 20.1. The number of fused-ring (bicyclic) bond motifs is 1. The summed E-state index contributed by atoms with van der Waals surface area (Å²) in [5.41, 5.74) is 0. The summed E-state index contributed by atoms with van der Waals surface area (Å²) in [4.78, 5) is 44.5. The van der Waals surface area contributed by atoms with E-state index in [1.807, 2.05) is 11.8 Å². The molecule has 0 aromatic heterocycles. The fourth-order valence-electron chi connectivity index (χ4n) is 6.14. The van der Waals surface area contributed by atoms with Crippen LogP contribution >= 0.6 is 11.8 Å². The average molecular weight is 479 g/mol. The van der Waals surface area contributed by atoms with Gasteiger partial charge in [-0.05, 0) is 32.1 Å². The van der Waals surface area contributed by atoms with Crippen LogP contribution in [0.25, 0.3) is 0 Å². The van der Waals surface area contributed by atoms with E-state index in [1.54, 1.807) is 22.7 Å². The van der Waals surface area contributed by atoms with Crippen molar-refractivity contribution >= 4 is 29.5 Å². The van der Waals surface area contributed by atoms with Crippen molar-refractivity contribution in [1.82, 2.24) is 9.80 Å². The van der Waals surface area contributed by atoms with Crippen LogP contribution in [0.5, 0.6) is 0 Å². The van der Waals surface area contributed by atoms with E-state index in [-0.39, 0.29) is 48.2 Å². The van der Waals surface area contributed by atoms with Crippen molar-refractivity contribution in [2.75, 3.05) is 26.3 Å². The number of thioether (sulfide) groups is 1. The van der Waals surface area contributed by atoms with Gasteiger partial charge in [-0.1, -0.05) is 39.0 Å². The number of aliphatic hydroxyl groups is 1. The van der Waals surface area contributed by atoms with Crippen LogP contribution in [0.15, 0.2) is 25.3 Å². The minimum absolute atomic E-state index is 0.0120. The lowest BCUT2D eigenvalue weighted by Crippen LogP contribution is -2.58. The molecule has 0 aromatic rings. The summed E-state index contributed by atoms with van der Waals surface area (Å²) < 4.78 is 4.73. The van der Waals surface area contributed by atoms with E-state index in [9.17, 15) is 19.5 Å². The van der Waals surface area contributed by atoms with Gasteiger partial charge in [0.05, 0.1) is 16.6 Å². The van der Waals surface area contributed by atoms with Gasteiger partial charge in [-0.2, -0.15) is 0 Å². The maximum Gasteiger partial charge on any atom is 0.311 e. The minimum atomic E-state index is -0.669. The van der Waals surface area contributed by atoms with E-state index in [2.05, 4.69) is 27.0 Å². The third-order valence-corrected chi connectivity index (χ3v) is 9.58. The summed E-state index contributed by atoms with van der Waals surface area (Å²) in [6.07, 6.45) is 6.21. The molecule has 0 radical (unpaired) electrons. The molecule has 0 saturated carbocycles. The molecule has 1 N–H and O–H groups in total. The Hall–Kier alpha value is -1.80. The van der Waals surface area contributed by atoms with Crippen LogP contribution in [0.2, 0.25) is 0 Å². The lowest BCUT2D eigenvalue weighted by molar-refractivity contribution is -0.153. The molecule has 7 atom stereocenters. The molecular weight excluding hydrogens is 440 g/mol. The average Bonchev–Trinajstić information content (AvgIpc) is 3.37. The maximum absolute atomic E-state index is 14.2. The Bertz CT molecular complexity index is 789. The molecule has 0 aliphatic carbocycles. The van der Waals surface area contributed by atoms with Crippen molar-refractivity contribution in [2.24, 2.45) is 17.8 Å². The van der Waals surface area contributed by atoms with Crippen molar-refractivity contribution in [3.8, 4) is 0 Å². The van der Waals surface area contributed by atoms with Crippen molar-refractivity contribution in [3.63, 3.8) is 0 Å². The second kappa shape index (κ2) is 10.6. The van der Waals surface area contributed by atoms with Crippen molar-refractivity contribution in [1.29, 1.82) is 0 Å². The maximum atomic E-state index is 14.2. The zero-order chi connectivity index (χ0) is 24.3. The Morgan fingerprint density at radius 1 is 1.39 bits per heavy atom. The van der Waals surface area contributed by atoms with Gasteiger partial charge in [0.1, 0.15) is 12.6 Å². The Morgan fingerprint density at radius 2 is 2.12 bits per heavy atom. The van der Waals surface area contributed by atoms with Gasteiger partial charge < -0.3 is 19.6 Å². The zero-order valence-corrected chi connectivity index (χ0v) is 20.9. The third kappa shape index (κ3) is 4.25. The number of esters is 1. The Balaban J connectivity index is 2.04.